The monoisotopic (exact) mass is 327 g/mol. The minimum absolute atomic E-state index is 0.171. The molecule has 1 atom stereocenters. The van der Waals surface area contributed by atoms with Crippen molar-refractivity contribution in [2.75, 3.05) is 10.6 Å². The van der Waals surface area contributed by atoms with Gasteiger partial charge in [-0.05, 0) is 26.0 Å². The maximum atomic E-state index is 12.3. The first kappa shape index (κ1) is 15.7. The van der Waals surface area contributed by atoms with E-state index in [9.17, 15) is 14.4 Å². The third-order valence-corrected chi connectivity index (χ3v) is 3.83. The number of rotatable bonds is 3. The molecule has 0 bridgehead atoms. The molecule has 2 aromatic rings. The lowest BCUT2D eigenvalue weighted by Crippen LogP contribution is -2.43. The van der Waals surface area contributed by atoms with Gasteiger partial charge in [0.2, 0.25) is 11.8 Å². The molecule has 8 nitrogen and oxygen atoms in total. The number of aryl methyl sites for hydroxylation is 2. The van der Waals surface area contributed by atoms with Gasteiger partial charge >= 0.3 is 0 Å². The van der Waals surface area contributed by atoms with Gasteiger partial charge in [0.1, 0.15) is 6.04 Å². The number of aromatic nitrogens is 2. The van der Waals surface area contributed by atoms with E-state index in [1.807, 2.05) is 0 Å². The van der Waals surface area contributed by atoms with Crippen molar-refractivity contribution in [2.24, 2.45) is 0 Å². The second-order valence-electron chi connectivity index (χ2n) is 5.62. The lowest BCUT2D eigenvalue weighted by atomic mass is 10.1. The van der Waals surface area contributed by atoms with E-state index in [0.29, 0.717) is 22.6 Å². The summed E-state index contributed by atoms with van der Waals surface area (Å²) >= 11 is 0. The fourth-order valence-electron chi connectivity index (χ4n) is 2.57. The van der Waals surface area contributed by atoms with E-state index in [1.165, 1.54) is 0 Å². The van der Waals surface area contributed by atoms with E-state index in [4.69, 9.17) is 0 Å². The third kappa shape index (κ3) is 2.98. The van der Waals surface area contributed by atoms with Gasteiger partial charge in [0.05, 0.1) is 34.7 Å². The quantitative estimate of drug-likeness (QED) is 0.675. The lowest BCUT2D eigenvalue weighted by molar-refractivity contribution is -0.122. The Labute approximate surface area is 138 Å². The second kappa shape index (κ2) is 6.15. The first-order chi connectivity index (χ1) is 11.5. The summed E-state index contributed by atoms with van der Waals surface area (Å²) in [6, 6.07) is 5.75. The number of nitrogens with zero attached hydrogens (tertiary/aromatic N) is 1. The number of aromatic amines is 1. The van der Waals surface area contributed by atoms with Crippen LogP contribution in [0.3, 0.4) is 0 Å². The molecule has 0 saturated heterocycles. The predicted octanol–water partition coefficient (Wildman–Crippen LogP) is 1.11. The molecule has 0 aliphatic carbocycles. The SMILES string of the molecule is Cc1n[nH]c(C)c1NC(=O)C[C@H]1NC(=O)c2ccccc2NC1=O. The zero-order valence-corrected chi connectivity index (χ0v) is 13.3. The molecule has 0 unspecified atom stereocenters. The number of para-hydroxylation sites is 1. The summed E-state index contributed by atoms with van der Waals surface area (Å²) in [4.78, 5) is 36.7. The van der Waals surface area contributed by atoms with Gasteiger partial charge in [0, 0.05) is 0 Å². The molecular formula is C16H17N5O3. The molecule has 0 fully saturated rings. The van der Waals surface area contributed by atoms with Crippen molar-refractivity contribution in [3.8, 4) is 0 Å². The molecule has 4 N–H and O–H groups in total. The summed E-state index contributed by atoms with van der Waals surface area (Å²) in [6.45, 7) is 3.54. The van der Waals surface area contributed by atoms with Crippen LogP contribution >= 0.6 is 0 Å². The summed E-state index contributed by atoms with van der Waals surface area (Å²) in [6.07, 6.45) is -0.171. The number of benzene rings is 1. The van der Waals surface area contributed by atoms with Crippen LogP contribution in [0.25, 0.3) is 0 Å². The fraction of sp³-hybridized carbons (Fsp3) is 0.250. The van der Waals surface area contributed by atoms with Gasteiger partial charge in [-0.1, -0.05) is 12.1 Å². The highest BCUT2D eigenvalue weighted by atomic mass is 16.2. The Bertz CT molecular complexity index is 807. The van der Waals surface area contributed by atoms with E-state index in [2.05, 4.69) is 26.1 Å². The highest BCUT2D eigenvalue weighted by molar-refractivity contribution is 6.11. The van der Waals surface area contributed by atoms with Crippen LogP contribution in [0.1, 0.15) is 28.2 Å². The van der Waals surface area contributed by atoms with Crippen molar-refractivity contribution in [2.45, 2.75) is 26.3 Å². The minimum Gasteiger partial charge on any atom is -0.340 e. The van der Waals surface area contributed by atoms with Gasteiger partial charge in [0.15, 0.2) is 0 Å². The van der Waals surface area contributed by atoms with Crippen molar-refractivity contribution in [3.05, 3.63) is 41.2 Å². The number of fused-ring (bicyclic) bond motifs is 1. The van der Waals surface area contributed by atoms with Gasteiger partial charge in [0.25, 0.3) is 5.91 Å². The molecule has 1 aliphatic rings. The van der Waals surface area contributed by atoms with Crippen LogP contribution < -0.4 is 16.0 Å². The molecular weight excluding hydrogens is 310 g/mol. The summed E-state index contributed by atoms with van der Waals surface area (Å²) < 4.78 is 0. The highest BCUT2D eigenvalue weighted by Crippen LogP contribution is 2.20. The zero-order chi connectivity index (χ0) is 17.3. The molecule has 1 aliphatic heterocycles. The van der Waals surface area contributed by atoms with E-state index in [0.717, 1.165) is 5.69 Å². The number of nitrogens with one attached hydrogen (secondary N) is 4. The molecule has 0 spiro atoms. The van der Waals surface area contributed by atoms with E-state index in [1.54, 1.807) is 38.1 Å². The van der Waals surface area contributed by atoms with E-state index in [-0.39, 0.29) is 12.3 Å². The number of carbonyl (C=O) groups is 3. The van der Waals surface area contributed by atoms with Crippen LogP contribution in [0.15, 0.2) is 24.3 Å². The van der Waals surface area contributed by atoms with Crippen LogP contribution in [-0.2, 0) is 9.59 Å². The van der Waals surface area contributed by atoms with Crippen molar-refractivity contribution in [1.29, 1.82) is 0 Å². The molecule has 8 heteroatoms. The first-order valence-corrected chi connectivity index (χ1v) is 7.48. The number of carbonyl (C=O) groups excluding carboxylic acids is 3. The normalized spacial score (nSPS) is 16.7. The summed E-state index contributed by atoms with van der Waals surface area (Å²) in [5.74, 6) is -1.20. The molecule has 2 heterocycles. The Morgan fingerprint density at radius 3 is 2.71 bits per heavy atom. The Morgan fingerprint density at radius 1 is 1.25 bits per heavy atom. The van der Waals surface area contributed by atoms with Crippen molar-refractivity contribution >= 4 is 29.1 Å². The molecule has 1 aromatic heterocycles. The Balaban J connectivity index is 1.73. The molecule has 3 amide bonds. The maximum absolute atomic E-state index is 12.3. The number of hydrogen-bond donors (Lipinski definition) is 4. The van der Waals surface area contributed by atoms with Crippen molar-refractivity contribution in [3.63, 3.8) is 0 Å². The Morgan fingerprint density at radius 2 is 2.00 bits per heavy atom. The third-order valence-electron chi connectivity index (χ3n) is 3.83. The molecule has 3 rings (SSSR count). The summed E-state index contributed by atoms with van der Waals surface area (Å²) in [5.41, 5.74) is 2.77. The van der Waals surface area contributed by atoms with Gasteiger partial charge in [-0.2, -0.15) is 5.10 Å². The maximum Gasteiger partial charge on any atom is 0.254 e. The standard InChI is InChI=1S/C16H17N5O3/c1-8-14(9(2)21-20-8)19-13(22)7-12-16(24)17-11-6-4-3-5-10(11)15(23)18-12/h3-6,12H,7H2,1-2H3,(H,17,24)(H,18,23)(H,19,22)(H,20,21)/t12-/m1/s1. The first-order valence-electron chi connectivity index (χ1n) is 7.48. The van der Waals surface area contributed by atoms with Gasteiger partial charge < -0.3 is 16.0 Å². The van der Waals surface area contributed by atoms with E-state index >= 15 is 0 Å². The van der Waals surface area contributed by atoms with Crippen LogP contribution in [0.4, 0.5) is 11.4 Å². The second-order valence-corrected chi connectivity index (χ2v) is 5.62. The van der Waals surface area contributed by atoms with E-state index < -0.39 is 17.9 Å². The number of anilines is 2. The molecule has 0 saturated carbocycles. The topological polar surface area (TPSA) is 116 Å². The number of amides is 3. The lowest BCUT2D eigenvalue weighted by Gasteiger charge is -2.14. The molecule has 0 radical (unpaired) electrons. The zero-order valence-electron chi connectivity index (χ0n) is 13.3. The van der Waals surface area contributed by atoms with Crippen LogP contribution in [0.5, 0.6) is 0 Å². The van der Waals surface area contributed by atoms with Gasteiger partial charge in [-0.3, -0.25) is 19.5 Å². The highest BCUT2D eigenvalue weighted by Gasteiger charge is 2.29. The van der Waals surface area contributed by atoms with Crippen molar-refractivity contribution in [1.82, 2.24) is 15.5 Å². The fourth-order valence-corrected chi connectivity index (χ4v) is 2.57. The number of hydrogen-bond acceptors (Lipinski definition) is 4. The van der Waals surface area contributed by atoms with Crippen LogP contribution in [0, 0.1) is 13.8 Å². The van der Waals surface area contributed by atoms with Gasteiger partial charge in [-0.25, -0.2) is 0 Å². The number of H-pyrrole nitrogens is 1. The Kier molecular flexibility index (Phi) is 4.03. The van der Waals surface area contributed by atoms with Crippen LogP contribution in [0.2, 0.25) is 0 Å². The average Bonchev–Trinajstić information content (AvgIpc) is 2.80. The summed E-state index contributed by atoms with van der Waals surface area (Å²) in [7, 11) is 0. The van der Waals surface area contributed by atoms with Crippen LogP contribution in [-0.4, -0.2) is 34.0 Å². The van der Waals surface area contributed by atoms with Crippen molar-refractivity contribution < 1.29 is 14.4 Å². The summed E-state index contributed by atoms with van der Waals surface area (Å²) in [5, 5.41) is 14.7. The predicted molar refractivity (Wildman–Crippen MR) is 87.6 cm³/mol. The minimum atomic E-state index is -0.947. The largest absolute Gasteiger partial charge is 0.340 e. The molecule has 1 aromatic carbocycles. The average molecular weight is 327 g/mol. The molecule has 24 heavy (non-hydrogen) atoms. The Hall–Kier alpha value is -3.16. The van der Waals surface area contributed by atoms with Gasteiger partial charge in [-0.15, -0.1) is 0 Å². The molecule has 124 valence electrons. The smallest absolute Gasteiger partial charge is 0.254 e.